The molecule has 0 spiro atoms. The molecule has 0 saturated carbocycles. The van der Waals surface area contributed by atoms with Crippen LogP contribution in [-0.4, -0.2) is 83.6 Å². The van der Waals surface area contributed by atoms with Gasteiger partial charge in [-0.1, -0.05) is 80.9 Å². The highest BCUT2D eigenvalue weighted by Crippen LogP contribution is 2.40. The van der Waals surface area contributed by atoms with E-state index in [1.165, 1.54) is 4.88 Å². The molecule has 0 bridgehead atoms. The van der Waals surface area contributed by atoms with Crippen molar-refractivity contribution in [2.24, 2.45) is 16.8 Å². The molecule has 0 radical (unpaired) electrons. The van der Waals surface area contributed by atoms with E-state index < -0.39 is 18.1 Å². The number of benzene rings is 3. The summed E-state index contributed by atoms with van der Waals surface area (Å²) in [7, 11) is 0. The van der Waals surface area contributed by atoms with Crippen molar-refractivity contribution < 1.29 is 19.1 Å². The number of nitrogens with zero attached hydrogens (tertiary/aromatic N) is 8. The second-order valence-corrected chi connectivity index (χ2v) is 20.8. The Hall–Kier alpha value is -6.49. The lowest BCUT2D eigenvalue weighted by Gasteiger charge is -2.30. The summed E-state index contributed by atoms with van der Waals surface area (Å²) >= 11 is 9.55. The first-order valence-corrected chi connectivity index (χ1v) is 25.3. The second-order valence-electron chi connectivity index (χ2n) is 18.3. The number of thiazole rings is 1. The molecule has 2 aliphatic heterocycles. The number of carbonyl (C=O) groups is 3. The molecular formula is C52H55ClN10O4S2. The van der Waals surface area contributed by atoms with Gasteiger partial charge in [-0.2, -0.15) is 5.10 Å². The number of hydrogen-bond acceptors (Lipinski definition) is 11. The lowest BCUT2D eigenvalue weighted by Crippen LogP contribution is -2.48. The van der Waals surface area contributed by atoms with Crippen LogP contribution in [0, 0.1) is 39.5 Å². The van der Waals surface area contributed by atoms with Gasteiger partial charge in [-0.3, -0.25) is 28.6 Å². The highest BCUT2D eigenvalue weighted by atomic mass is 35.5. The number of thiophene rings is 1. The number of rotatable bonds is 15. The number of halogens is 1. The van der Waals surface area contributed by atoms with Crippen molar-refractivity contribution in [3.05, 3.63) is 140 Å². The van der Waals surface area contributed by atoms with E-state index in [9.17, 15) is 14.4 Å². The molecular weight excluding hydrogens is 928 g/mol. The minimum absolute atomic E-state index is 0.0657. The third-order valence-corrected chi connectivity index (χ3v) is 15.3. The van der Waals surface area contributed by atoms with Gasteiger partial charge in [0.05, 0.1) is 41.0 Å². The first kappa shape index (κ1) is 47.6. The van der Waals surface area contributed by atoms with Crippen LogP contribution in [0.1, 0.15) is 90.2 Å². The molecule has 3 aromatic carbocycles. The number of nitrogens with one attached hydrogen (secondary N) is 2. The molecule has 9 rings (SSSR count). The maximum atomic E-state index is 14.4. The van der Waals surface area contributed by atoms with Gasteiger partial charge in [0.2, 0.25) is 17.7 Å². The SMILES string of the molecule is Cc1ncsc1-c1ccc(CNC(=O)[C@@H]2C[C@@H](C)CN2C(=O)[C@H](C(C)C)n2cc(-c3cccc(OCCNC(=O)C[C@@H]4N=C(c5ccc(Cl)cc5)c5c(sc(C)c5C)-n5c(C)nnc54)c3)cn2)cc1. The Morgan fingerprint density at radius 2 is 1.70 bits per heavy atom. The van der Waals surface area contributed by atoms with E-state index in [4.69, 9.17) is 26.4 Å². The Balaban J connectivity index is 0.817. The van der Waals surface area contributed by atoms with Crippen molar-refractivity contribution in [1.82, 2.24) is 45.1 Å². The van der Waals surface area contributed by atoms with Crippen LogP contribution in [0.3, 0.4) is 0 Å². The van der Waals surface area contributed by atoms with Crippen molar-refractivity contribution in [3.8, 4) is 32.3 Å². The van der Waals surface area contributed by atoms with Gasteiger partial charge in [-0.15, -0.1) is 32.9 Å². The molecule has 4 aromatic heterocycles. The molecule has 0 unspecified atom stereocenters. The van der Waals surface area contributed by atoms with Crippen molar-refractivity contribution in [2.45, 2.75) is 86.0 Å². The largest absolute Gasteiger partial charge is 0.492 e. The van der Waals surface area contributed by atoms with Gasteiger partial charge in [0, 0.05) is 45.9 Å². The normalized spacial score (nSPS) is 17.0. The van der Waals surface area contributed by atoms with E-state index in [2.05, 4.69) is 58.7 Å². The number of ether oxygens (including phenoxy) is 1. The zero-order chi connectivity index (χ0) is 48.5. The first-order chi connectivity index (χ1) is 33.2. The fourth-order valence-electron chi connectivity index (χ4n) is 9.22. The maximum absolute atomic E-state index is 14.4. The van der Waals surface area contributed by atoms with Crippen molar-refractivity contribution in [1.29, 1.82) is 0 Å². The van der Waals surface area contributed by atoms with Crippen LogP contribution in [-0.2, 0) is 20.9 Å². The average Bonchev–Trinajstić information content (AvgIpc) is 4.18. The zero-order valence-electron chi connectivity index (χ0n) is 39.7. The van der Waals surface area contributed by atoms with Gasteiger partial charge in [0.1, 0.15) is 41.3 Å². The minimum atomic E-state index is -0.612. The lowest BCUT2D eigenvalue weighted by molar-refractivity contribution is -0.142. The molecule has 69 heavy (non-hydrogen) atoms. The molecule has 7 aromatic rings. The fraction of sp³-hybridized carbons (Fsp3) is 0.346. The summed E-state index contributed by atoms with van der Waals surface area (Å²) in [5, 5.41) is 21.4. The molecule has 2 aliphatic rings. The minimum Gasteiger partial charge on any atom is -0.492 e. The van der Waals surface area contributed by atoms with E-state index in [0.29, 0.717) is 36.1 Å². The second kappa shape index (κ2) is 20.2. The molecule has 1 saturated heterocycles. The molecule has 1 fully saturated rings. The number of aliphatic imine (C=N–C) groups is 1. The Bertz CT molecular complexity index is 3040. The number of likely N-dealkylation sites (tertiary alicyclic amines) is 1. The number of amides is 3. The van der Waals surface area contributed by atoms with Gasteiger partial charge in [-0.25, -0.2) is 4.98 Å². The number of aromatic nitrogens is 6. The smallest absolute Gasteiger partial charge is 0.248 e. The summed E-state index contributed by atoms with van der Waals surface area (Å²) in [5.74, 6) is 1.56. The Morgan fingerprint density at radius 3 is 2.43 bits per heavy atom. The molecule has 0 aliphatic carbocycles. The van der Waals surface area contributed by atoms with Crippen LogP contribution in [0.15, 0.2) is 95.7 Å². The summed E-state index contributed by atoms with van der Waals surface area (Å²) in [6, 6.07) is 21.6. The number of hydrogen-bond donors (Lipinski definition) is 2. The summed E-state index contributed by atoms with van der Waals surface area (Å²) in [4.78, 5) is 55.3. The van der Waals surface area contributed by atoms with Crippen LogP contribution in [0.25, 0.3) is 26.6 Å². The van der Waals surface area contributed by atoms with Gasteiger partial charge >= 0.3 is 0 Å². The topological polar surface area (TPSA) is 162 Å². The summed E-state index contributed by atoms with van der Waals surface area (Å²) in [6.45, 7) is 15.6. The standard InChI is InChI=1S/C52H55ClN10O4S2/c1-29(2)47(51(66)61-26-30(3)21-43(61)50(65)55-24-35-11-13-37(14-12-35)48-32(5)56-28-68-48)62-27-39(25-57-62)38-9-8-10-41(22-38)67-20-19-54-44(64)23-42-49-60-59-34(7)63(49)52-45(31(4)33(6)69-52)46(58-42)36-15-17-40(53)18-16-36/h8-18,22,25,27-30,42-43,47H,19-21,23-24,26H2,1-7H3,(H,54,64)(H,55,65)/t30-,42+,43+,47+/m1/s1. The Morgan fingerprint density at radius 1 is 0.928 bits per heavy atom. The number of carbonyl (C=O) groups excluding carboxylic acids is 3. The van der Waals surface area contributed by atoms with Crippen LogP contribution < -0.4 is 15.4 Å². The summed E-state index contributed by atoms with van der Waals surface area (Å²) in [6.07, 6.45) is 4.29. The fourth-order valence-corrected chi connectivity index (χ4v) is 11.4. The van der Waals surface area contributed by atoms with Crippen molar-refractivity contribution in [3.63, 3.8) is 0 Å². The predicted molar refractivity (Wildman–Crippen MR) is 271 cm³/mol. The number of aryl methyl sites for hydroxylation is 3. The van der Waals surface area contributed by atoms with E-state index in [0.717, 1.165) is 66.1 Å². The Labute approximate surface area is 414 Å². The third-order valence-electron chi connectivity index (χ3n) is 12.9. The summed E-state index contributed by atoms with van der Waals surface area (Å²) < 4.78 is 9.89. The number of fused-ring (bicyclic) bond motifs is 3. The third kappa shape index (κ3) is 10.0. The molecule has 3 amide bonds. The average molecular weight is 984 g/mol. The highest BCUT2D eigenvalue weighted by molar-refractivity contribution is 7.15. The van der Waals surface area contributed by atoms with E-state index >= 15 is 0 Å². The lowest BCUT2D eigenvalue weighted by atomic mass is 9.99. The Kier molecular flexibility index (Phi) is 13.9. The van der Waals surface area contributed by atoms with Gasteiger partial charge in [0.25, 0.3) is 0 Å². The van der Waals surface area contributed by atoms with E-state index in [1.807, 2.05) is 105 Å². The molecule has 4 atom stereocenters. The van der Waals surface area contributed by atoms with Crippen LogP contribution >= 0.6 is 34.3 Å². The van der Waals surface area contributed by atoms with E-state index in [-0.39, 0.29) is 49.1 Å². The monoisotopic (exact) mass is 982 g/mol. The molecule has 6 heterocycles. The zero-order valence-corrected chi connectivity index (χ0v) is 42.1. The molecule has 2 N–H and O–H groups in total. The van der Waals surface area contributed by atoms with Crippen LogP contribution in [0.2, 0.25) is 5.02 Å². The van der Waals surface area contributed by atoms with Gasteiger partial charge in [0.15, 0.2) is 5.82 Å². The molecule has 14 nitrogen and oxygen atoms in total. The first-order valence-electron chi connectivity index (χ1n) is 23.2. The van der Waals surface area contributed by atoms with Gasteiger partial charge in [-0.05, 0) is 92.5 Å². The van der Waals surface area contributed by atoms with Crippen molar-refractivity contribution in [2.75, 3.05) is 19.7 Å². The summed E-state index contributed by atoms with van der Waals surface area (Å²) in [5.41, 5.74) is 10.4. The van der Waals surface area contributed by atoms with Gasteiger partial charge < -0.3 is 20.3 Å². The van der Waals surface area contributed by atoms with E-state index in [1.54, 1.807) is 38.5 Å². The van der Waals surface area contributed by atoms with Crippen molar-refractivity contribution >= 4 is 57.7 Å². The molecule has 356 valence electrons. The maximum Gasteiger partial charge on any atom is 0.248 e. The quantitative estimate of drug-likeness (QED) is 0.0961. The van der Waals surface area contributed by atoms with Crippen LogP contribution in [0.4, 0.5) is 0 Å². The predicted octanol–water partition coefficient (Wildman–Crippen LogP) is 9.43. The molecule has 17 heteroatoms. The highest BCUT2D eigenvalue weighted by Gasteiger charge is 2.42. The van der Waals surface area contributed by atoms with Crippen LogP contribution in [0.5, 0.6) is 5.75 Å².